The number of aromatic nitrogens is 3. The van der Waals surface area contributed by atoms with Gasteiger partial charge in [-0.2, -0.15) is 5.10 Å². The van der Waals surface area contributed by atoms with Crippen molar-refractivity contribution in [3.63, 3.8) is 0 Å². The van der Waals surface area contributed by atoms with E-state index in [0.29, 0.717) is 34.6 Å². The molecular formula is C27H25FN4O2. The van der Waals surface area contributed by atoms with Crippen molar-refractivity contribution in [2.24, 2.45) is 23.7 Å². The molecule has 6 rings (SSSR count). The largest absolute Gasteiger partial charge is 0.490 e. The van der Waals surface area contributed by atoms with Crippen molar-refractivity contribution < 1.29 is 13.9 Å². The number of carbonyl (C=O) groups excluding carboxylic acids is 1. The van der Waals surface area contributed by atoms with Crippen molar-refractivity contribution in [1.82, 2.24) is 14.8 Å². The van der Waals surface area contributed by atoms with Crippen LogP contribution >= 0.6 is 0 Å². The fourth-order valence-corrected chi connectivity index (χ4v) is 5.60. The summed E-state index contributed by atoms with van der Waals surface area (Å²) in [6, 6.07) is 16.2. The van der Waals surface area contributed by atoms with Crippen LogP contribution in [0.4, 0.5) is 10.1 Å². The van der Waals surface area contributed by atoms with E-state index in [1.54, 1.807) is 29.2 Å². The quantitative estimate of drug-likeness (QED) is 0.431. The number of nitrogens with one attached hydrogen (secondary N) is 1. The highest BCUT2D eigenvalue weighted by molar-refractivity contribution is 5.92. The SMILES string of the molecule is CC(C(=O)Nc1cnn(-c2ccccc2)c1)C1C2CC(Oc3ccnc4ccc(F)cc34)CC21. The number of rotatable bonds is 6. The number of hydrogen-bond acceptors (Lipinski definition) is 4. The first-order valence-corrected chi connectivity index (χ1v) is 11.7. The molecule has 2 aliphatic rings. The van der Waals surface area contributed by atoms with Gasteiger partial charge in [0.2, 0.25) is 5.91 Å². The molecule has 7 heteroatoms. The molecule has 0 saturated heterocycles. The molecule has 34 heavy (non-hydrogen) atoms. The van der Waals surface area contributed by atoms with Gasteiger partial charge in [0.1, 0.15) is 11.6 Å². The Balaban J connectivity index is 1.06. The Bertz CT molecular complexity index is 1340. The Hall–Kier alpha value is -3.74. The number of anilines is 1. The topological polar surface area (TPSA) is 69.0 Å². The van der Waals surface area contributed by atoms with E-state index in [1.807, 2.05) is 43.5 Å². The molecule has 2 fully saturated rings. The van der Waals surface area contributed by atoms with Gasteiger partial charge < -0.3 is 10.1 Å². The molecular weight excluding hydrogens is 431 g/mol. The van der Waals surface area contributed by atoms with Gasteiger partial charge in [-0.3, -0.25) is 9.78 Å². The van der Waals surface area contributed by atoms with Crippen LogP contribution in [0.2, 0.25) is 0 Å². The average molecular weight is 457 g/mol. The minimum Gasteiger partial charge on any atom is -0.490 e. The molecule has 3 atom stereocenters. The number of benzene rings is 2. The first kappa shape index (κ1) is 20.8. The van der Waals surface area contributed by atoms with E-state index in [-0.39, 0.29) is 23.7 Å². The van der Waals surface area contributed by atoms with E-state index >= 15 is 0 Å². The fourth-order valence-electron chi connectivity index (χ4n) is 5.60. The van der Waals surface area contributed by atoms with Crippen LogP contribution < -0.4 is 10.1 Å². The highest BCUT2D eigenvalue weighted by Gasteiger charge is 2.59. The van der Waals surface area contributed by atoms with E-state index in [2.05, 4.69) is 15.4 Å². The maximum Gasteiger partial charge on any atom is 0.227 e. The van der Waals surface area contributed by atoms with Gasteiger partial charge in [0.25, 0.3) is 0 Å². The molecule has 172 valence electrons. The maximum absolute atomic E-state index is 13.7. The average Bonchev–Trinajstić information content (AvgIpc) is 3.15. The second-order valence-corrected chi connectivity index (χ2v) is 9.37. The standard InChI is InChI=1S/C27H25FN4O2/c1-16(27(33)31-18-14-30-32(15-18)19-5-3-2-4-6-19)26-21-12-20(13-22(21)26)34-25-9-10-29-24-8-7-17(28)11-23(24)25/h2-11,14-16,20-22,26H,12-13H2,1H3,(H,31,33). The van der Waals surface area contributed by atoms with Crippen LogP contribution in [0.3, 0.4) is 0 Å². The lowest BCUT2D eigenvalue weighted by molar-refractivity contribution is -0.120. The van der Waals surface area contributed by atoms with E-state index in [0.717, 1.165) is 24.0 Å². The first-order valence-electron chi connectivity index (χ1n) is 11.7. The number of ether oxygens (including phenoxy) is 1. The van der Waals surface area contributed by atoms with E-state index < -0.39 is 0 Å². The van der Waals surface area contributed by atoms with E-state index in [1.165, 1.54) is 12.1 Å². The summed E-state index contributed by atoms with van der Waals surface area (Å²) in [5.74, 6) is 1.68. The van der Waals surface area contributed by atoms with Gasteiger partial charge in [-0.05, 0) is 67.0 Å². The van der Waals surface area contributed by atoms with Gasteiger partial charge in [0, 0.05) is 17.5 Å². The Morgan fingerprint density at radius 2 is 1.94 bits per heavy atom. The smallest absolute Gasteiger partial charge is 0.227 e. The Morgan fingerprint density at radius 3 is 2.74 bits per heavy atom. The zero-order valence-electron chi connectivity index (χ0n) is 18.8. The van der Waals surface area contributed by atoms with Crippen LogP contribution in [0.5, 0.6) is 5.75 Å². The number of para-hydroxylation sites is 1. The zero-order valence-corrected chi connectivity index (χ0v) is 18.8. The summed E-state index contributed by atoms with van der Waals surface area (Å²) in [4.78, 5) is 17.2. The Kier molecular flexibility index (Phi) is 5.05. The predicted molar refractivity (Wildman–Crippen MR) is 127 cm³/mol. The molecule has 0 aliphatic heterocycles. The first-order chi connectivity index (χ1) is 16.6. The molecule has 1 amide bonds. The number of hydrogen-bond donors (Lipinski definition) is 1. The number of nitrogens with zero attached hydrogens (tertiary/aromatic N) is 3. The second kappa shape index (κ2) is 8.24. The Labute approximate surface area is 196 Å². The molecule has 0 bridgehead atoms. The van der Waals surface area contributed by atoms with Gasteiger partial charge in [-0.1, -0.05) is 25.1 Å². The van der Waals surface area contributed by atoms with Crippen LogP contribution in [-0.4, -0.2) is 26.8 Å². The minimum absolute atomic E-state index is 0.0279. The summed E-state index contributed by atoms with van der Waals surface area (Å²) in [6.07, 6.45) is 7.12. The van der Waals surface area contributed by atoms with Gasteiger partial charge in [0.05, 0.1) is 35.4 Å². The molecule has 6 nitrogen and oxygen atoms in total. The third kappa shape index (κ3) is 3.81. The van der Waals surface area contributed by atoms with Crippen LogP contribution in [0.25, 0.3) is 16.6 Å². The third-order valence-corrected chi connectivity index (χ3v) is 7.29. The molecule has 0 spiro atoms. The summed E-state index contributed by atoms with van der Waals surface area (Å²) >= 11 is 0. The minimum atomic E-state index is -0.297. The zero-order chi connectivity index (χ0) is 23.2. The van der Waals surface area contributed by atoms with Crippen molar-refractivity contribution in [2.75, 3.05) is 5.32 Å². The van der Waals surface area contributed by atoms with Gasteiger partial charge in [-0.15, -0.1) is 0 Å². The summed E-state index contributed by atoms with van der Waals surface area (Å²) < 4.78 is 21.7. The molecule has 2 aliphatic carbocycles. The fraction of sp³-hybridized carbons (Fsp3) is 0.296. The molecule has 2 saturated carbocycles. The molecule has 3 unspecified atom stereocenters. The van der Waals surface area contributed by atoms with Crippen LogP contribution in [0, 0.1) is 29.5 Å². The monoisotopic (exact) mass is 456 g/mol. The number of amides is 1. The number of carbonyl (C=O) groups is 1. The summed E-state index contributed by atoms with van der Waals surface area (Å²) in [7, 11) is 0. The number of halogens is 1. The molecule has 4 aromatic rings. The van der Waals surface area contributed by atoms with Crippen molar-refractivity contribution in [2.45, 2.75) is 25.9 Å². The van der Waals surface area contributed by atoms with Crippen molar-refractivity contribution in [3.8, 4) is 11.4 Å². The van der Waals surface area contributed by atoms with Crippen LogP contribution in [0.1, 0.15) is 19.8 Å². The third-order valence-electron chi connectivity index (χ3n) is 7.29. The van der Waals surface area contributed by atoms with Gasteiger partial charge in [0.15, 0.2) is 0 Å². The lowest BCUT2D eigenvalue weighted by atomic mass is 9.97. The van der Waals surface area contributed by atoms with Gasteiger partial charge >= 0.3 is 0 Å². The van der Waals surface area contributed by atoms with Gasteiger partial charge in [-0.25, -0.2) is 9.07 Å². The summed E-state index contributed by atoms with van der Waals surface area (Å²) in [5, 5.41) is 8.07. The van der Waals surface area contributed by atoms with Crippen molar-refractivity contribution in [3.05, 3.63) is 79.0 Å². The molecule has 2 aromatic carbocycles. The predicted octanol–water partition coefficient (Wildman–Crippen LogP) is 5.24. The summed E-state index contributed by atoms with van der Waals surface area (Å²) in [5.41, 5.74) is 2.37. The molecule has 2 aromatic heterocycles. The van der Waals surface area contributed by atoms with Crippen molar-refractivity contribution >= 4 is 22.5 Å². The number of fused-ring (bicyclic) bond motifs is 2. The lowest BCUT2D eigenvalue weighted by Gasteiger charge is -2.20. The molecule has 2 heterocycles. The lowest BCUT2D eigenvalue weighted by Crippen LogP contribution is -2.25. The maximum atomic E-state index is 13.7. The molecule has 1 N–H and O–H groups in total. The summed E-state index contributed by atoms with van der Waals surface area (Å²) in [6.45, 7) is 2.01. The van der Waals surface area contributed by atoms with Crippen molar-refractivity contribution in [1.29, 1.82) is 0 Å². The second-order valence-electron chi connectivity index (χ2n) is 9.37. The normalized spacial score (nSPS) is 23.9. The van der Waals surface area contributed by atoms with Crippen LogP contribution in [-0.2, 0) is 4.79 Å². The van der Waals surface area contributed by atoms with Crippen LogP contribution in [0.15, 0.2) is 73.2 Å². The molecule has 0 radical (unpaired) electrons. The number of pyridine rings is 1. The highest BCUT2D eigenvalue weighted by atomic mass is 19.1. The van der Waals surface area contributed by atoms with E-state index in [9.17, 15) is 9.18 Å². The Morgan fingerprint density at radius 1 is 1.15 bits per heavy atom. The van der Waals surface area contributed by atoms with E-state index in [4.69, 9.17) is 4.74 Å². The highest BCUT2D eigenvalue weighted by Crippen LogP contribution is 2.61.